The molecule has 0 saturated heterocycles. The van der Waals surface area contributed by atoms with Crippen molar-refractivity contribution in [2.24, 2.45) is 5.92 Å². The van der Waals surface area contributed by atoms with Crippen LogP contribution in [0.2, 0.25) is 0 Å². The summed E-state index contributed by atoms with van der Waals surface area (Å²) in [5, 5.41) is 2.76. The van der Waals surface area contributed by atoms with E-state index in [9.17, 15) is 9.59 Å². The summed E-state index contributed by atoms with van der Waals surface area (Å²) in [5.74, 6) is 0.723. The lowest BCUT2D eigenvalue weighted by Gasteiger charge is -2.09. The molecular weight excluding hydrogens is 246 g/mol. The fraction of sp³-hybridized carbons (Fsp3) is 0.429. The lowest BCUT2D eigenvalue weighted by atomic mass is 10.0. The third kappa shape index (κ3) is 3.35. The first-order valence-electron chi connectivity index (χ1n) is 6.14. The van der Waals surface area contributed by atoms with Crippen molar-refractivity contribution in [2.75, 3.05) is 11.1 Å². The number of carbonyl (C=O) groups is 2. The lowest BCUT2D eigenvalue weighted by molar-refractivity contribution is -0.113. The molecule has 0 heterocycles. The summed E-state index contributed by atoms with van der Waals surface area (Å²) in [7, 11) is 0. The minimum atomic E-state index is -0.159. The Labute approximate surface area is 112 Å². The van der Waals surface area contributed by atoms with E-state index in [1.807, 2.05) is 19.1 Å². The van der Waals surface area contributed by atoms with E-state index in [0.29, 0.717) is 23.6 Å². The molecule has 0 unspecified atom stereocenters. The first kappa shape index (κ1) is 13.1. The molecule has 1 saturated carbocycles. The number of hydrogen-bond acceptors (Lipinski definition) is 3. The Hall–Kier alpha value is -1.29. The number of ketones is 1. The Kier molecular flexibility index (Phi) is 4.07. The second-order valence-corrected chi connectivity index (χ2v) is 5.12. The lowest BCUT2D eigenvalue weighted by Crippen LogP contribution is -2.14. The van der Waals surface area contributed by atoms with E-state index < -0.39 is 0 Å². The molecule has 18 heavy (non-hydrogen) atoms. The number of anilines is 1. The van der Waals surface area contributed by atoms with Crippen molar-refractivity contribution in [3.05, 3.63) is 29.3 Å². The van der Waals surface area contributed by atoms with Crippen LogP contribution < -0.4 is 5.32 Å². The second-order valence-electron chi connectivity index (χ2n) is 4.81. The van der Waals surface area contributed by atoms with Crippen LogP contribution >= 0.6 is 12.6 Å². The molecule has 0 aromatic heterocycles. The van der Waals surface area contributed by atoms with Crippen LogP contribution in [-0.2, 0) is 4.79 Å². The van der Waals surface area contributed by atoms with E-state index in [1.165, 1.54) is 12.8 Å². The summed E-state index contributed by atoms with van der Waals surface area (Å²) >= 11 is 3.92. The Morgan fingerprint density at radius 1 is 1.39 bits per heavy atom. The van der Waals surface area contributed by atoms with Crippen molar-refractivity contribution < 1.29 is 9.59 Å². The van der Waals surface area contributed by atoms with Gasteiger partial charge in [0.25, 0.3) is 0 Å². The Morgan fingerprint density at radius 2 is 2.11 bits per heavy atom. The predicted octanol–water partition coefficient (Wildman–Crippen LogP) is 2.85. The maximum absolute atomic E-state index is 12.0. The van der Waals surface area contributed by atoms with E-state index in [4.69, 9.17) is 0 Å². The van der Waals surface area contributed by atoms with E-state index in [2.05, 4.69) is 17.9 Å². The summed E-state index contributed by atoms with van der Waals surface area (Å²) in [5.41, 5.74) is 2.34. The highest BCUT2D eigenvalue weighted by atomic mass is 32.1. The van der Waals surface area contributed by atoms with Gasteiger partial charge in [-0.05, 0) is 37.3 Å². The van der Waals surface area contributed by atoms with E-state index in [-0.39, 0.29) is 17.4 Å². The molecular formula is C14H17NO2S. The highest BCUT2D eigenvalue weighted by Crippen LogP contribution is 2.33. The fourth-order valence-electron chi connectivity index (χ4n) is 1.82. The smallest absolute Gasteiger partial charge is 0.234 e. The van der Waals surface area contributed by atoms with Crippen molar-refractivity contribution in [2.45, 2.75) is 26.2 Å². The number of hydrogen-bond donors (Lipinski definition) is 2. The minimum absolute atomic E-state index is 0.139. The van der Waals surface area contributed by atoms with Gasteiger partial charge in [0.2, 0.25) is 5.91 Å². The summed E-state index contributed by atoms with van der Waals surface area (Å²) in [6.07, 6.45) is 2.96. The Balaban J connectivity index is 2.13. The topological polar surface area (TPSA) is 46.2 Å². The monoisotopic (exact) mass is 263 g/mol. The zero-order valence-corrected chi connectivity index (χ0v) is 11.3. The third-order valence-corrected chi connectivity index (χ3v) is 3.44. The van der Waals surface area contributed by atoms with Gasteiger partial charge in [0.1, 0.15) is 0 Å². The van der Waals surface area contributed by atoms with Crippen molar-refractivity contribution in [1.29, 1.82) is 0 Å². The van der Waals surface area contributed by atoms with Crippen LogP contribution in [0.1, 0.15) is 35.2 Å². The van der Waals surface area contributed by atoms with Gasteiger partial charge in [-0.1, -0.05) is 12.1 Å². The van der Waals surface area contributed by atoms with Crippen LogP contribution in [0.3, 0.4) is 0 Å². The van der Waals surface area contributed by atoms with E-state index >= 15 is 0 Å². The number of Topliss-reactive ketones (excluding diaryl/α,β-unsaturated/α-hetero) is 1. The summed E-state index contributed by atoms with van der Waals surface area (Å²) in [4.78, 5) is 23.3. The quantitative estimate of drug-likeness (QED) is 0.634. The normalized spacial score (nSPS) is 14.3. The van der Waals surface area contributed by atoms with Crippen LogP contribution in [0, 0.1) is 12.8 Å². The van der Waals surface area contributed by atoms with Crippen molar-refractivity contribution in [1.82, 2.24) is 0 Å². The van der Waals surface area contributed by atoms with Crippen LogP contribution in [0.25, 0.3) is 0 Å². The number of amides is 1. The Bertz CT molecular complexity index is 481. The van der Waals surface area contributed by atoms with Crippen molar-refractivity contribution in [3.8, 4) is 0 Å². The van der Waals surface area contributed by atoms with Gasteiger partial charge < -0.3 is 5.32 Å². The van der Waals surface area contributed by atoms with E-state index in [1.54, 1.807) is 6.07 Å². The van der Waals surface area contributed by atoms with Gasteiger partial charge in [-0.25, -0.2) is 0 Å². The predicted molar refractivity (Wildman–Crippen MR) is 75.3 cm³/mol. The molecule has 3 nitrogen and oxygen atoms in total. The number of thiol groups is 1. The molecule has 0 atom stereocenters. The molecule has 1 aromatic rings. The molecule has 1 fully saturated rings. The van der Waals surface area contributed by atoms with Gasteiger partial charge in [-0.15, -0.1) is 0 Å². The molecule has 0 bridgehead atoms. The molecule has 1 aliphatic rings. The highest BCUT2D eigenvalue weighted by Gasteiger charge is 2.25. The first-order valence-corrected chi connectivity index (χ1v) is 6.78. The SMILES string of the molecule is Cc1ccc(C(=O)CC2CC2)cc1NC(=O)CS. The zero-order valence-electron chi connectivity index (χ0n) is 10.4. The molecule has 4 heteroatoms. The fourth-order valence-corrected chi connectivity index (χ4v) is 1.90. The maximum atomic E-state index is 12.0. The molecule has 2 rings (SSSR count). The summed E-state index contributed by atoms with van der Waals surface area (Å²) in [6, 6.07) is 5.46. The number of rotatable bonds is 5. The summed E-state index contributed by atoms with van der Waals surface area (Å²) < 4.78 is 0. The van der Waals surface area contributed by atoms with Gasteiger partial charge in [0, 0.05) is 17.7 Å². The minimum Gasteiger partial charge on any atom is -0.325 e. The van der Waals surface area contributed by atoms with Crippen LogP contribution in [0.4, 0.5) is 5.69 Å². The van der Waals surface area contributed by atoms with Gasteiger partial charge in [0.05, 0.1) is 5.75 Å². The van der Waals surface area contributed by atoms with Gasteiger partial charge >= 0.3 is 0 Å². The molecule has 1 aromatic carbocycles. The van der Waals surface area contributed by atoms with Gasteiger partial charge in [0.15, 0.2) is 5.78 Å². The summed E-state index contributed by atoms with van der Waals surface area (Å²) in [6.45, 7) is 1.91. The molecule has 1 aliphatic carbocycles. The standard InChI is InChI=1S/C14H17NO2S/c1-9-2-5-11(13(16)6-10-3-4-10)7-12(9)15-14(17)8-18/h2,5,7,10,18H,3-4,6,8H2,1H3,(H,15,17). The van der Waals surface area contributed by atoms with Crippen molar-refractivity contribution in [3.63, 3.8) is 0 Å². The first-order chi connectivity index (χ1) is 8.60. The average molecular weight is 263 g/mol. The van der Waals surface area contributed by atoms with Crippen LogP contribution in [-0.4, -0.2) is 17.4 Å². The molecule has 0 spiro atoms. The number of benzene rings is 1. The van der Waals surface area contributed by atoms with Crippen molar-refractivity contribution >= 4 is 30.0 Å². The number of nitrogens with one attached hydrogen (secondary N) is 1. The van der Waals surface area contributed by atoms with Crippen LogP contribution in [0.5, 0.6) is 0 Å². The molecule has 1 amide bonds. The average Bonchev–Trinajstić information content (AvgIpc) is 3.15. The number of aryl methyl sites for hydroxylation is 1. The van der Waals surface area contributed by atoms with Crippen LogP contribution in [0.15, 0.2) is 18.2 Å². The zero-order chi connectivity index (χ0) is 13.1. The Morgan fingerprint density at radius 3 is 2.72 bits per heavy atom. The van der Waals surface area contributed by atoms with Gasteiger partial charge in [-0.2, -0.15) is 12.6 Å². The third-order valence-electron chi connectivity index (χ3n) is 3.15. The van der Waals surface area contributed by atoms with E-state index in [0.717, 1.165) is 5.56 Å². The molecule has 0 radical (unpaired) electrons. The number of carbonyl (C=O) groups excluding carboxylic acids is 2. The molecule has 0 aliphatic heterocycles. The maximum Gasteiger partial charge on any atom is 0.234 e. The molecule has 1 N–H and O–H groups in total. The van der Waals surface area contributed by atoms with Gasteiger partial charge in [-0.3, -0.25) is 9.59 Å². The highest BCUT2D eigenvalue weighted by molar-refractivity contribution is 7.81. The molecule has 96 valence electrons. The second kappa shape index (κ2) is 5.57. The largest absolute Gasteiger partial charge is 0.325 e.